The van der Waals surface area contributed by atoms with Gasteiger partial charge in [-0.2, -0.15) is 0 Å². The minimum Gasteiger partial charge on any atom is -0.480 e. The number of carbonyl (C=O) groups is 2. The highest BCUT2D eigenvalue weighted by Crippen LogP contribution is 2.25. The van der Waals surface area contributed by atoms with Crippen LogP contribution in [0.3, 0.4) is 0 Å². The molecule has 0 bridgehead atoms. The van der Waals surface area contributed by atoms with Crippen LogP contribution in [-0.4, -0.2) is 46.0 Å². The van der Waals surface area contributed by atoms with Crippen molar-refractivity contribution in [1.29, 1.82) is 0 Å². The number of rotatable bonds is 9. The number of nitrogens with zero attached hydrogens (tertiary/aromatic N) is 2. The summed E-state index contributed by atoms with van der Waals surface area (Å²) in [4.78, 5) is 28.3. The fraction of sp³-hybridized carbons (Fsp3) is 0.350. The van der Waals surface area contributed by atoms with Crippen LogP contribution in [0.4, 0.5) is 0 Å². The van der Waals surface area contributed by atoms with Crippen LogP contribution in [0.15, 0.2) is 42.7 Å². The van der Waals surface area contributed by atoms with Gasteiger partial charge in [0.15, 0.2) is 0 Å². The average molecular weight is 371 g/mol. The van der Waals surface area contributed by atoms with Crippen LogP contribution in [0.2, 0.25) is 0 Å². The van der Waals surface area contributed by atoms with Crippen molar-refractivity contribution in [2.24, 2.45) is 0 Å². The summed E-state index contributed by atoms with van der Waals surface area (Å²) in [6.45, 7) is 6.32. The summed E-state index contributed by atoms with van der Waals surface area (Å²) in [5, 5.41) is 12.1. The van der Waals surface area contributed by atoms with E-state index in [-0.39, 0.29) is 5.91 Å². The van der Waals surface area contributed by atoms with Crippen molar-refractivity contribution < 1.29 is 19.4 Å². The van der Waals surface area contributed by atoms with E-state index in [1.807, 2.05) is 36.1 Å². The minimum atomic E-state index is -0.897. The van der Waals surface area contributed by atoms with Gasteiger partial charge in [0.1, 0.15) is 17.5 Å². The maximum absolute atomic E-state index is 11.4. The summed E-state index contributed by atoms with van der Waals surface area (Å²) in [5.41, 5.74) is 1.92. The molecule has 1 amide bonds. The molecule has 0 aliphatic heterocycles. The Hall–Kier alpha value is -2.93. The van der Waals surface area contributed by atoms with E-state index in [2.05, 4.69) is 10.3 Å². The van der Waals surface area contributed by atoms with E-state index >= 15 is 0 Å². The third-order valence-electron chi connectivity index (χ3n) is 4.17. The third-order valence-corrected chi connectivity index (χ3v) is 4.17. The van der Waals surface area contributed by atoms with Gasteiger partial charge in [0, 0.05) is 32.8 Å². The first-order valence-corrected chi connectivity index (χ1v) is 8.75. The van der Waals surface area contributed by atoms with Crippen LogP contribution in [0.1, 0.15) is 25.0 Å². The van der Waals surface area contributed by atoms with Gasteiger partial charge in [-0.1, -0.05) is 12.1 Å². The van der Waals surface area contributed by atoms with Gasteiger partial charge in [0.05, 0.1) is 6.20 Å². The predicted octanol–water partition coefficient (Wildman–Crippen LogP) is 2.59. The highest BCUT2D eigenvalue weighted by molar-refractivity contribution is 5.73. The largest absolute Gasteiger partial charge is 0.480 e. The van der Waals surface area contributed by atoms with Gasteiger partial charge in [-0.3, -0.25) is 19.5 Å². The number of aliphatic carboxylic acids is 1. The van der Waals surface area contributed by atoms with E-state index in [9.17, 15) is 14.7 Å². The molecule has 1 unspecified atom stereocenters. The Balaban J connectivity index is 2.08. The monoisotopic (exact) mass is 371 g/mol. The van der Waals surface area contributed by atoms with Crippen LogP contribution >= 0.6 is 0 Å². The maximum atomic E-state index is 11.4. The minimum absolute atomic E-state index is 0.134. The number of benzene rings is 1. The van der Waals surface area contributed by atoms with Gasteiger partial charge in [-0.05, 0) is 43.2 Å². The fourth-order valence-corrected chi connectivity index (χ4v) is 2.63. The molecule has 0 spiro atoms. The number of aryl methyl sites for hydroxylation is 1. The Morgan fingerprint density at radius 1 is 1.33 bits per heavy atom. The van der Waals surface area contributed by atoms with Crippen LogP contribution in [-0.2, 0) is 16.1 Å². The lowest BCUT2D eigenvalue weighted by Gasteiger charge is -2.26. The van der Waals surface area contributed by atoms with E-state index in [1.165, 1.54) is 6.92 Å². The highest BCUT2D eigenvalue weighted by atomic mass is 16.5. The Bertz CT molecular complexity index is 780. The summed E-state index contributed by atoms with van der Waals surface area (Å²) in [6.07, 6.45) is 3.33. The maximum Gasteiger partial charge on any atom is 0.320 e. The number of ether oxygens (including phenoxy) is 1. The van der Waals surface area contributed by atoms with Crippen molar-refractivity contribution in [1.82, 2.24) is 15.2 Å². The molecular weight excluding hydrogens is 346 g/mol. The Labute approximate surface area is 159 Å². The molecule has 1 heterocycles. The third kappa shape index (κ3) is 6.38. The van der Waals surface area contributed by atoms with Gasteiger partial charge in [0.25, 0.3) is 0 Å². The molecule has 0 saturated carbocycles. The molecule has 0 radical (unpaired) electrons. The number of carboxylic acid groups (broad SMARTS) is 1. The second kappa shape index (κ2) is 9.68. The molecule has 2 rings (SSSR count). The van der Waals surface area contributed by atoms with Crippen LogP contribution in [0.5, 0.6) is 11.5 Å². The second-order valence-electron chi connectivity index (χ2n) is 6.36. The zero-order valence-corrected chi connectivity index (χ0v) is 15.8. The topological polar surface area (TPSA) is 91.8 Å². The van der Waals surface area contributed by atoms with Crippen molar-refractivity contribution >= 4 is 11.9 Å². The molecule has 0 saturated heterocycles. The van der Waals surface area contributed by atoms with E-state index in [0.717, 1.165) is 16.9 Å². The molecule has 2 aromatic rings. The highest BCUT2D eigenvalue weighted by Gasteiger charge is 2.20. The fourth-order valence-electron chi connectivity index (χ4n) is 2.63. The predicted molar refractivity (Wildman–Crippen MR) is 102 cm³/mol. The number of amides is 1. The second-order valence-corrected chi connectivity index (χ2v) is 6.36. The average Bonchev–Trinajstić information content (AvgIpc) is 2.63. The molecule has 1 aromatic heterocycles. The van der Waals surface area contributed by atoms with Crippen LogP contribution in [0, 0.1) is 6.92 Å². The zero-order chi connectivity index (χ0) is 19.8. The number of carboxylic acids is 1. The van der Waals surface area contributed by atoms with E-state index in [0.29, 0.717) is 25.4 Å². The van der Waals surface area contributed by atoms with E-state index in [1.54, 1.807) is 25.4 Å². The van der Waals surface area contributed by atoms with Crippen LogP contribution < -0.4 is 10.1 Å². The quantitative estimate of drug-likeness (QED) is 0.704. The first kappa shape index (κ1) is 20.4. The van der Waals surface area contributed by atoms with Gasteiger partial charge < -0.3 is 15.2 Å². The molecule has 0 aliphatic carbocycles. The first-order valence-electron chi connectivity index (χ1n) is 8.75. The van der Waals surface area contributed by atoms with Crippen LogP contribution in [0.25, 0.3) is 0 Å². The number of pyridine rings is 1. The Morgan fingerprint density at radius 2 is 2.11 bits per heavy atom. The summed E-state index contributed by atoms with van der Waals surface area (Å²) < 4.78 is 5.83. The summed E-state index contributed by atoms with van der Waals surface area (Å²) in [7, 11) is 0. The Kier molecular flexibility index (Phi) is 7.31. The number of hydrogen-bond acceptors (Lipinski definition) is 5. The SMILES string of the molecule is CC(=O)NCCN(Cc1ccc(Oc2cccnc2)c(C)c1)C(C)C(=O)O. The van der Waals surface area contributed by atoms with Crippen molar-refractivity contribution in [3.05, 3.63) is 53.9 Å². The smallest absolute Gasteiger partial charge is 0.320 e. The lowest BCUT2D eigenvalue weighted by Crippen LogP contribution is -2.42. The molecule has 1 atom stereocenters. The molecule has 2 N–H and O–H groups in total. The van der Waals surface area contributed by atoms with E-state index < -0.39 is 12.0 Å². The van der Waals surface area contributed by atoms with Crippen molar-refractivity contribution in [2.75, 3.05) is 13.1 Å². The Morgan fingerprint density at radius 3 is 2.70 bits per heavy atom. The lowest BCUT2D eigenvalue weighted by atomic mass is 10.1. The molecule has 144 valence electrons. The number of carbonyl (C=O) groups excluding carboxylic acids is 1. The summed E-state index contributed by atoms with van der Waals surface area (Å²) >= 11 is 0. The number of aromatic nitrogens is 1. The normalized spacial score (nSPS) is 11.9. The standard InChI is InChI=1S/C20H25N3O4/c1-14-11-17(6-7-19(14)27-18-5-4-8-21-12-18)13-23(15(2)20(25)26)10-9-22-16(3)24/h4-8,11-12,15H,9-10,13H2,1-3H3,(H,22,24)(H,25,26). The molecular formula is C20H25N3O4. The number of nitrogens with one attached hydrogen (secondary N) is 1. The molecule has 7 heteroatoms. The van der Waals surface area contributed by atoms with Gasteiger partial charge in [0.2, 0.25) is 5.91 Å². The van der Waals surface area contributed by atoms with Gasteiger partial charge in [-0.25, -0.2) is 0 Å². The molecule has 7 nitrogen and oxygen atoms in total. The molecule has 27 heavy (non-hydrogen) atoms. The number of hydrogen-bond donors (Lipinski definition) is 2. The molecule has 0 aliphatic rings. The first-order chi connectivity index (χ1) is 12.9. The summed E-state index contributed by atoms with van der Waals surface area (Å²) in [6, 6.07) is 8.74. The molecule has 1 aromatic carbocycles. The van der Waals surface area contributed by atoms with Gasteiger partial charge >= 0.3 is 5.97 Å². The summed E-state index contributed by atoms with van der Waals surface area (Å²) in [5.74, 6) is 0.351. The lowest BCUT2D eigenvalue weighted by molar-refractivity contribution is -0.142. The van der Waals surface area contributed by atoms with E-state index in [4.69, 9.17) is 4.74 Å². The van der Waals surface area contributed by atoms with Crippen molar-refractivity contribution in [2.45, 2.75) is 33.4 Å². The van der Waals surface area contributed by atoms with Crippen molar-refractivity contribution in [3.8, 4) is 11.5 Å². The van der Waals surface area contributed by atoms with Crippen molar-refractivity contribution in [3.63, 3.8) is 0 Å². The van der Waals surface area contributed by atoms with Gasteiger partial charge in [-0.15, -0.1) is 0 Å². The zero-order valence-electron chi connectivity index (χ0n) is 15.8. The molecule has 0 fully saturated rings.